The van der Waals surface area contributed by atoms with Crippen molar-refractivity contribution in [3.63, 3.8) is 0 Å². The summed E-state index contributed by atoms with van der Waals surface area (Å²) in [5.41, 5.74) is 0.386. The molecule has 1 aromatic carbocycles. The predicted molar refractivity (Wildman–Crippen MR) is 76.0 cm³/mol. The second-order valence-corrected chi connectivity index (χ2v) is 6.58. The molecule has 0 aliphatic carbocycles. The zero-order valence-electron chi connectivity index (χ0n) is 12.6. The van der Waals surface area contributed by atoms with Crippen molar-refractivity contribution in [2.24, 2.45) is 11.3 Å². The second-order valence-electron chi connectivity index (χ2n) is 6.58. The molecule has 0 bridgehead atoms. The van der Waals surface area contributed by atoms with Gasteiger partial charge in [-0.1, -0.05) is 33.8 Å². The van der Waals surface area contributed by atoms with Crippen LogP contribution in [0.5, 0.6) is 0 Å². The molecule has 0 fully saturated rings. The Morgan fingerprint density at radius 1 is 1.16 bits per heavy atom. The van der Waals surface area contributed by atoms with E-state index in [1.807, 2.05) is 0 Å². The zero-order chi connectivity index (χ0) is 14.6. The van der Waals surface area contributed by atoms with E-state index >= 15 is 0 Å². The van der Waals surface area contributed by atoms with Crippen LogP contribution >= 0.6 is 0 Å². The maximum atomic E-state index is 13.8. The predicted octanol–water partition coefficient (Wildman–Crippen LogP) is 4.69. The normalized spacial score (nSPS) is 15.3. The van der Waals surface area contributed by atoms with Gasteiger partial charge in [0.25, 0.3) is 0 Å². The van der Waals surface area contributed by atoms with Gasteiger partial charge < -0.3 is 5.32 Å². The van der Waals surface area contributed by atoms with Crippen molar-refractivity contribution in [3.8, 4) is 0 Å². The summed E-state index contributed by atoms with van der Waals surface area (Å²) >= 11 is 0. The summed E-state index contributed by atoms with van der Waals surface area (Å²) < 4.78 is 27.6. The number of halogens is 2. The van der Waals surface area contributed by atoms with Crippen molar-refractivity contribution < 1.29 is 8.78 Å². The molecule has 0 saturated heterocycles. The monoisotopic (exact) mass is 269 g/mol. The molecular weight excluding hydrogens is 244 g/mol. The first-order chi connectivity index (χ1) is 8.74. The number of rotatable bonds is 5. The van der Waals surface area contributed by atoms with Crippen molar-refractivity contribution in [1.82, 2.24) is 5.32 Å². The number of nitrogens with one attached hydrogen (secondary N) is 1. The van der Waals surface area contributed by atoms with Crippen molar-refractivity contribution in [3.05, 3.63) is 35.4 Å². The molecule has 1 rings (SSSR count). The molecule has 0 saturated carbocycles. The fourth-order valence-corrected chi connectivity index (χ4v) is 2.75. The average Bonchev–Trinajstić information content (AvgIpc) is 2.24. The fourth-order valence-electron chi connectivity index (χ4n) is 2.75. The Hall–Kier alpha value is -0.960. The first kappa shape index (κ1) is 16.1. The van der Waals surface area contributed by atoms with Crippen molar-refractivity contribution in [2.75, 3.05) is 7.05 Å². The molecule has 19 heavy (non-hydrogen) atoms. The second kappa shape index (κ2) is 6.47. The van der Waals surface area contributed by atoms with Gasteiger partial charge in [-0.05, 0) is 43.4 Å². The number of hydrogen-bond donors (Lipinski definition) is 1. The lowest BCUT2D eigenvalue weighted by Gasteiger charge is -2.27. The molecule has 0 spiro atoms. The van der Waals surface area contributed by atoms with E-state index in [4.69, 9.17) is 0 Å². The largest absolute Gasteiger partial charge is 0.313 e. The third-order valence-electron chi connectivity index (χ3n) is 3.30. The summed E-state index contributed by atoms with van der Waals surface area (Å²) in [5.74, 6) is -0.541. The first-order valence-corrected chi connectivity index (χ1v) is 6.85. The van der Waals surface area contributed by atoms with E-state index in [2.05, 4.69) is 33.0 Å². The molecule has 3 heteroatoms. The lowest BCUT2D eigenvalue weighted by atomic mass is 9.82. The Bertz CT molecular complexity index is 389. The van der Waals surface area contributed by atoms with Crippen LogP contribution < -0.4 is 5.32 Å². The lowest BCUT2D eigenvalue weighted by molar-refractivity contribution is 0.275. The summed E-state index contributed by atoms with van der Waals surface area (Å²) in [6.45, 7) is 8.68. The maximum absolute atomic E-state index is 13.8. The van der Waals surface area contributed by atoms with Gasteiger partial charge in [-0.2, -0.15) is 0 Å². The topological polar surface area (TPSA) is 12.0 Å². The van der Waals surface area contributed by atoms with Crippen LogP contribution in [0.15, 0.2) is 18.2 Å². The van der Waals surface area contributed by atoms with Gasteiger partial charge in [-0.15, -0.1) is 0 Å². The van der Waals surface area contributed by atoms with Gasteiger partial charge in [0.15, 0.2) is 0 Å². The van der Waals surface area contributed by atoms with Gasteiger partial charge in [0, 0.05) is 11.6 Å². The summed E-state index contributed by atoms with van der Waals surface area (Å²) in [7, 11) is 1.75. The Kier molecular flexibility index (Phi) is 5.48. The average molecular weight is 269 g/mol. The Balaban J connectivity index is 2.84. The highest BCUT2D eigenvalue weighted by molar-refractivity contribution is 5.23. The molecule has 0 aliphatic heterocycles. The third kappa shape index (κ3) is 4.90. The van der Waals surface area contributed by atoms with Crippen LogP contribution in [0.25, 0.3) is 0 Å². The van der Waals surface area contributed by atoms with Crippen LogP contribution in [0, 0.1) is 23.0 Å². The van der Waals surface area contributed by atoms with Crippen molar-refractivity contribution in [2.45, 2.75) is 46.6 Å². The van der Waals surface area contributed by atoms with Crippen LogP contribution in [0.1, 0.15) is 52.1 Å². The van der Waals surface area contributed by atoms with Crippen LogP contribution in [-0.4, -0.2) is 7.05 Å². The molecule has 0 aliphatic rings. The number of benzene rings is 1. The third-order valence-corrected chi connectivity index (χ3v) is 3.30. The van der Waals surface area contributed by atoms with Crippen LogP contribution in [0.2, 0.25) is 0 Å². The Morgan fingerprint density at radius 3 is 2.11 bits per heavy atom. The minimum atomic E-state index is -0.470. The summed E-state index contributed by atoms with van der Waals surface area (Å²) in [5, 5.41) is 3.04. The van der Waals surface area contributed by atoms with E-state index in [-0.39, 0.29) is 17.0 Å². The van der Waals surface area contributed by atoms with E-state index in [0.717, 1.165) is 12.8 Å². The molecule has 0 aromatic heterocycles. The highest BCUT2D eigenvalue weighted by atomic mass is 19.1. The lowest BCUT2D eigenvalue weighted by Crippen LogP contribution is -2.23. The van der Waals surface area contributed by atoms with Gasteiger partial charge >= 0.3 is 0 Å². The van der Waals surface area contributed by atoms with Crippen molar-refractivity contribution >= 4 is 0 Å². The highest BCUT2D eigenvalue weighted by Gasteiger charge is 2.23. The Morgan fingerprint density at radius 2 is 1.68 bits per heavy atom. The van der Waals surface area contributed by atoms with E-state index in [1.54, 1.807) is 7.05 Å². The molecule has 2 unspecified atom stereocenters. The van der Waals surface area contributed by atoms with Crippen LogP contribution in [-0.2, 0) is 0 Å². The summed E-state index contributed by atoms with van der Waals surface area (Å²) in [4.78, 5) is 0. The highest BCUT2D eigenvalue weighted by Crippen LogP contribution is 2.32. The molecule has 2 atom stereocenters. The molecule has 0 heterocycles. The quantitative estimate of drug-likeness (QED) is 0.818. The maximum Gasteiger partial charge on any atom is 0.130 e. The standard InChI is InChI=1S/C16H25F2N/c1-11(10-16(2,3)4)9-14(19-5)15-12(17)7-6-8-13(15)18/h6-8,11,14,19H,9-10H2,1-5H3. The zero-order valence-corrected chi connectivity index (χ0v) is 12.6. The van der Waals surface area contributed by atoms with E-state index < -0.39 is 11.6 Å². The molecule has 1 nitrogen and oxygen atoms in total. The number of hydrogen-bond acceptors (Lipinski definition) is 1. The molecule has 0 amide bonds. The minimum absolute atomic E-state index is 0.158. The van der Waals surface area contributed by atoms with E-state index in [1.165, 1.54) is 18.2 Å². The molecule has 108 valence electrons. The molecular formula is C16H25F2N. The minimum Gasteiger partial charge on any atom is -0.313 e. The smallest absolute Gasteiger partial charge is 0.130 e. The van der Waals surface area contributed by atoms with E-state index in [9.17, 15) is 8.78 Å². The van der Waals surface area contributed by atoms with Gasteiger partial charge in [0.1, 0.15) is 11.6 Å². The molecule has 1 aromatic rings. The summed E-state index contributed by atoms with van der Waals surface area (Å²) in [6.07, 6.45) is 1.76. The summed E-state index contributed by atoms with van der Waals surface area (Å²) in [6, 6.07) is 3.76. The van der Waals surface area contributed by atoms with Crippen LogP contribution in [0.3, 0.4) is 0 Å². The first-order valence-electron chi connectivity index (χ1n) is 6.85. The van der Waals surface area contributed by atoms with Gasteiger partial charge in [0.2, 0.25) is 0 Å². The van der Waals surface area contributed by atoms with Gasteiger partial charge in [0.05, 0.1) is 0 Å². The fraction of sp³-hybridized carbons (Fsp3) is 0.625. The van der Waals surface area contributed by atoms with Gasteiger partial charge in [-0.25, -0.2) is 8.78 Å². The molecule has 0 radical (unpaired) electrons. The SMILES string of the molecule is CNC(CC(C)CC(C)(C)C)c1c(F)cccc1F. The van der Waals surface area contributed by atoms with Crippen molar-refractivity contribution in [1.29, 1.82) is 0 Å². The Labute approximate surface area is 115 Å². The van der Waals surface area contributed by atoms with Crippen LogP contribution in [0.4, 0.5) is 8.78 Å². The molecule has 1 N–H and O–H groups in total. The van der Waals surface area contributed by atoms with Gasteiger partial charge in [-0.3, -0.25) is 0 Å². The van der Waals surface area contributed by atoms with E-state index in [0.29, 0.717) is 5.92 Å².